The number of carboxylic acid groups (broad SMARTS) is 1. The molecule has 0 aromatic rings. The summed E-state index contributed by atoms with van der Waals surface area (Å²) >= 11 is 0. The molecule has 6 heteroatoms. The Morgan fingerprint density at radius 1 is 1.47 bits per heavy atom. The zero-order chi connectivity index (χ0) is 11.3. The average molecular weight is 216 g/mol. The van der Waals surface area contributed by atoms with Crippen LogP contribution in [-0.2, 0) is 9.53 Å². The van der Waals surface area contributed by atoms with E-state index >= 15 is 0 Å². The molecule has 15 heavy (non-hydrogen) atoms. The fourth-order valence-electron chi connectivity index (χ4n) is 1.45. The number of hydrogen-bond acceptors (Lipinski definition) is 3. The highest BCUT2D eigenvalue weighted by Crippen LogP contribution is 2.31. The second kappa shape index (κ2) is 4.97. The van der Waals surface area contributed by atoms with Crippen molar-refractivity contribution in [3.05, 3.63) is 0 Å². The normalized spacial score (nSPS) is 17.7. The molecular weight excluding hydrogens is 200 g/mol. The Hall–Kier alpha value is -1.30. The predicted octanol–water partition coefficient (Wildman–Crippen LogP) is -0.0607. The van der Waals surface area contributed by atoms with Crippen LogP contribution < -0.4 is 10.6 Å². The number of carboxylic acids is 1. The molecule has 2 amide bonds. The van der Waals surface area contributed by atoms with Crippen molar-refractivity contribution in [2.45, 2.75) is 24.8 Å². The largest absolute Gasteiger partial charge is 0.480 e. The van der Waals surface area contributed by atoms with Crippen molar-refractivity contribution in [3.8, 4) is 0 Å². The first-order valence-electron chi connectivity index (χ1n) is 4.89. The summed E-state index contributed by atoms with van der Waals surface area (Å²) in [5.74, 6) is -0.962. The van der Waals surface area contributed by atoms with E-state index in [1.165, 1.54) is 7.11 Å². The van der Waals surface area contributed by atoms with Gasteiger partial charge in [0, 0.05) is 13.7 Å². The maximum atomic E-state index is 11.3. The van der Waals surface area contributed by atoms with Crippen LogP contribution in [0.3, 0.4) is 0 Å². The van der Waals surface area contributed by atoms with Crippen molar-refractivity contribution >= 4 is 12.0 Å². The number of urea groups is 1. The average Bonchev–Trinajstić information content (AvgIpc) is 2.11. The molecule has 86 valence electrons. The van der Waals surface area contributed by atoms with Crippen LogP contribution in [0.1, 0.15) is 19.3 Å². The van der Waals surface area contributed by atoms with Gasteiger partial charge in [0.05, 0.1) is 6.61 Å². The second-order valence-electron chi connectivity index (χ2n) is 3.61. The molecule has 0 bridgehead atoms. The summed E-state index contributed by atoms with van der Waals surface area (Å²) in [5.41, 5.74) is -1.04. The highest BCUT2D eigenvalue weighted by Gasteiger charge is 2.45. The Bertz CT molecular complexity index is 250. The van der Waals surface area contributed by atoms with E-state index in [2.05, 4.69) is 10.6 Å². The first kappa shape index (κ1) is 11.8. The first-order chi connectivity index (χ1) is 7.10. The van der Waals surface area contributed by atoms with E-state index in [9.17, 15) is 9.59 Å². The van der Waals surface area contributed by atoms with Gasteiger partial charge in [0.25, 0.3) is 0 Å². The summed E-state index contributed by atoms with van der Waals surface area (Å²) < 4.78 is 4.75. The molecule has 1 rings (SSSR count). The number of rotatable bonds is 5. The summed E-state index contributed by atoms with van der Waals surface area (Å²) in [5, 5.41) is 13.9. The zero-order valence-electron chi connectivity index (χ0n) is 8.71. The van der Waals surface area contributed by atoms with Crippen molar-refractivity contribution in [2.24, 2.45) is 0 Å². The number of nitrogens with one attached hydrogen (secondary N) is 2. The molecule has 0 unspecified atom stereocenters. The van der Waals surface area contributed by atoms with Gasteiger partial charge >= 0.3 is 12.0 Å². The molecule has 0 spiro atoms. The van der Waals surface area contributed by atoms with Gasteiger partial charge in [-0.3, -0.25) is 0 Å². The minimum atomic E-state index is -1.04. The molecule has 0 heterocycles. The summed E-state index contributed by atoms with van der Waals surface area (Å²) in [6.45, 7) is 0.783. The zero-order valence-corrected chi connectivity index (χ0v) is 8.71. The van der Waals surface area contributed by atoms with Gasteiger partial charge in [-0.05, 0) is 19.3 Å². The van der Waals surface area contributed by atoms with Crippen molar-refractivity contribution in [2.75, 3.05) is 20.3 Å². The van der Waals surface area contributed by atoms with Crippen LogP contribution in [0.15, 0.2) is 0 Å². The molecule has 1 aliphatic rings. The fraction of sp³-hybridized carbons (Fsp3) is 0.778. The Morgan fingerprint density at radius 2 is 2.13 bits per heavy atom. The van der Waals surface area contributed by atoms with E-state index in [-0.39, 0.29) is 0 Å². The van der Waals surface area contributed by atoms with Gasteiger partial charge in [0.1, 0.15) is 5.54 Å². The molecule has 0 aromatic carbocycles. The van der Waals surface area contributed by atoms with E-state index in [0.29, 0.717) is 26.0 Å². The second-order valence-corrected chi connectivity index (χ2v) is 3.61. The standard InChI is InChI=1S/C9H16N2O4/c1-15-6-5-10-8(14)11-9(7(12)13)3-2-4-9/h2-6H2,1H3,(H,12,13)(H2,10,11,14). The minimum absolute atomic E-state index is 0.373. The topological polar surface area (TPSA) is 87.7 Å². The Labute approximate surface area is 88.0 Å². The third-order valence-corrected chi connectivity index (χ3v) is 2.56. The van der Waals surface area contributed by atoms with Crippen LogP contribution in [0, 0.1) is 0 Å². The predicted molar refractivity (Wildman–Crippen MR) is 52.6 cm³/mol. The lowest BCUT2D eigenvalue weighted by Crippen LogP contribution is -2.61. The molecule has 1 saturated carbocycles. The minimum Gasteiger partial charge on any atom is -0.480 e. The molecule has 0 saturated heterocycles. The highest BCUT2D eigenvalue weighted by molar-refractivity contribution is 5.87. The number of aliphatic carboxylic acids is 1. The van der Waals surface area contributed by atoms with E-state index in [1.807, 2.05) is 0 Å². The van der Waals surface area contributed by atoms with Crippen LogP contribution in [-0.4, -0.2) is 42.9 Å². The smallest absolute Gasteiger partial charge is 0.329 e. The first-order valence-corrected chi connectivity index (χ1v) is 4.89. The Kier molecular flexibility index (Phi) is 3.90. The molecule has 0 radical (unpaired) electrons. The lowest BCUT2D eigenvalue weighted by atomic mass is 9.77. The molecule has 6 nitrogen and oxygen atoms in total. The molecule has 3 N–H and O–H groups in total. The monoisotopic (exact) mass is 216 g/mol. The van der Waals surface area contributed by atoms with Gasteiger partial charge in [0.2, 0.25) is 0 Å². The Balaban J connectivity index is 2.32. The van der Waals surface area contributed by atoms with Crippen LogP contribution in [0.4, 0.5) is 4.79 Å². The van der Waals surface area contributed by atoms with Crippen molar-refractivity contribution in [1.82, 2.24) is 10.6 Å². The lowest BCUT2D eigenvalue weighted by molar-refractivity contribution is -0.148. The molecule has 1 fully saturated rings. The number of carbonyl (C=O) groups is 2. The van der Waals surface area contributed by atoms with Crippen molar-refractivity contribution < 1.29 is 19.4 Å². The molecule has 1 aliphatic carbocycles. The van der Waals surface area contributed by atoms with Gasteiger partial charge < -0.3 is 20.5 Å². The third-order valence-electron chi connectivity index (χ3n) is 2.56. The van der Waals surface area contributed by atoms with Gasteiger partial charge in [-0.15, -0.1) is 0 Å². The number of ether oxygens (including phenoxy) is 1. The quantitative estimate of drug-likeness (QED) is 0.562. The maximum absolute atomic E-state index is 11.3. The lowest BCUT2D eigenvalue weighted by Gasteiger charge is -2.38. The molecule has 0 aliphatic heterocycles. The van der Waals surface area contributed by atoms with Crippen LogP contribution >= 0.6 is 0 Å². The van der Waals surface area contributed by atoms with Gasteiger partial charge in [0.15, 0.2) is 0 Å². The molecule has 0 atom stereocenters. The summed E-state index contributed by atoms with van der Waals surface area (Å²) in [6.07, 6.45) is 1.84. The summed E-state index contributed by atoms with van der Waals surface area (Å²) in [7, 11) is 1.53. The fourth-order valence-corrected chi connectivity index (χ4v) is 1.45. The van der Waals surface area contributed by atoms with Gasteiger partial charge in [-0.1, -0.05) is 0 Å². The number of hydrogen-bond donors (Lipinski definition) is 3. The number of carbonyl (C=O) groups excluding carboxylic acids is 1. The SMILES string of the molecule is COCCNC(=O)NC1(C(=O)O)CCC1. The van der Waals surface area contributed by atoms with Crippen molar-refractivity contribution in [3.63, 3.8) is 0 Å². The van der Waals surface area contributed by atoms with Gasteiger partial charge in [-0.2, -0.15) is 0 Å². The third kappa shape index (κ3) is 2.82. The highest BCUT2D eigenvalue weighted by atomic mass is 16.5. The summed E-state index contributed by atoms with van der Waals surface area (Å²) in [4.78, 5) is 22.2. The Morgan fingerprint density at radius 3 is 2.53 bits per heavy atom. The van der Waals surface area contributed by atoms with Crippen LogP contribution in [0.2, 0.25) is 0 Å². The van der Waals surface area contributed by atoms with Crippen LogP contribution in [0.5, 0.6) is 0 Å². The van der Waals surface area contributed by atoms with Gasteiger partial charge in [-0.25, -0.2) is 9.59 Å². The number of amides is 2. The van der Waals surface area contributed by atoms with E-state index in [0.717, 1.165) is 6.42 Å². The van der Waals surface area contributed by atoms with E-state index < -0.39 is 17.5 Å². The number of methoxy groups -OCH3 is 1. The molecule has 0 aromatic heterocycles. The summed E-state index contributed by atoms with van der Waals surface area (Å²) in [6, 6.07) is -0.450. The van der Waals surface area contributed by atoms with E-state index in [1.54, 1.807) is 0 Å². The van der Waals surface area contributed by atoms with Crippen molar-refractivity contribution in [1.29, 1.82) is 0 Å². The van der Waals surface area contributed by atoms with Crippen LogP contribution in [0.25, 0.3) is 0 Å². The molecular formula is C9H16N2O4. The maximum Gasteiger partial charge on any atom is 0.329 e. The van der Waals surface area contributed by atoms with E-state index in [4.69, 9.17) is 9.84 Å².